The molecule has 7 nitrogen and oxygen atoms in total. The standard InChI is InChI=1S/C18H30N4O3S.HI/c1-19-18(21(2)14-16-5-7-17(25-3)8-6-16)20-13-15-9-11-22(12-10-15)26(4,23)24;/h5-8,15H,9-14H2,1-4H3,(H,19,20);1H. The maximum Gasteiger partial charge on any atom is 0.211 e. The van der Waals surface area contributed by atoms with E-state index in [2.05, 4.69) is 15.2 Å². The third-order valence-electron chi connectivity index (χ3n) is 4.74. The number of sulfonamides is 1. The van der Waals surface area contributed by atoms with Crippen molar-refractivity contribution in [2.75, 3.05) is 47.1 Å². The summed E-state index contributed by atoms with van der Waals surface area (Å²) in [5.74, 6) is 2.14. The summed E-state index contributed by atoms with van der Waals surface area (Å²) in [4.78, 5) is 6.43. The van der Waals surface area contributed by atoms with Crippen molar-refractivity contribution in [1.29, 1.82) is 0 Å². The van der Waals surface area contributed by atoms with E-state index >= 15 is 0 Å². The smallest absolute Gasteiger partial charge is 0.211 e. The zero-order chi connectivity index (χ0) is 19.2. The first-order chi connectivity index (χ1) is 12.3. The highest BCUT2D eigenvalue weighted by Gasteiger charge is 2.25. The monoisotopic (exact) mass is 510 g/mol. The molecule has 0 saturated carbocycles. The van der Waals surface area contributed by atoms with Gasteiger partial charge >= 0.3 is 0 Å². The predicted octanol–water partition coefficient (Wildman–Crippen LogP) is 1.99. The summed E-state index contributed by atoms with van der Waals surface area (Å²) in [6.45, 7) is 2.75. The van der Waals surface area contributed by atoms with Crippen molar-refractivity contribution in [1.82, 2.24) is 14.5 Å². The molecule has 0 aliphatic carbocycles. The third kappa shape index (κ3) is 7.46. The first-order valence-electron chi connectivity index (χ1n) is 8.83. The summed E-state index contributed by atoms with van der Waals surface area (Å²) in [7, 11) is 2.38. The lowest BCUT2D eigenvalue weighted by Crippen LogP contribution is -2.44. The molecule has 154 valence electrons. The van der Waals surface area contributed by atoms with Crippen LogP contribution >= 0.6 is 24.0 Å². The van der Waals surface area contributed by atoms with Gasteiger partial charge in [-0.1, -0.05) is 12.1 Å². The topological polar surface area (TPSA) is 74.2 Å². The minimum absolute atomic E-state index is 0. The number of nitrogens with one attached hydrogen (secondary N) is 1. The second kappa shape index (κ2) is 11.1. The molecule has 1 aliphatic rings. The molecular weight excluding hydrogens is 479 g/mol. The molecule has 27 heavy (non-hydrogen) atoms. The van der Waals surface area contributed by atoms with E-state index in [1.807, 2.05) is 31.3 Å². The fourth-order valence-corrected chi connectivity index (χ4v) is 4.02. The molecule has 1 fully saturated rings. The van der Waals surface area contributed by atoms with Crippen LogP contribution in [0.4, 0.5) is 0 Å². The number of rotatable bonds is 6. The molecule has 0 amide bonds. The Labute approximate surface area is 180 Å². The third-order valence-corrected chi connectivity index (χ3v) is 6.05. The van der Waals surface area contributed by atoms with Crippen LogP contribution in [0.25, 0.3) is 0 Å². The van der Waals surface area contributed by atoms with Gasteiger partial charge in [0.1, 0.15) is 5.75 Å². The lowest BCUT2D eigenvalue weighted by atomic mass is 9.98. The average Bonchev–Trinajstić information content (AvgIpc) is 2.62. The molecule has 1 aromatic rings. The Bertz CT molecular complexity index is 702. The predicted molar refractivity (Wildman–Crippen MR) is 120 cm³/mol. The molecule has 1 heterocycles. The highest BCUT2D eigenvalue weighted by molar-refractivity contribution is 14.0. The molecule has 9 heteroatoms. The molecule has 0 atom stereocenters. The zero-order valence-electron chi connectivity index (χ0n) is 16.5. The number of hydrogen-bond acceptors (Lipinski definition) is 4. The average molecular weight is 510 g/mol. The first kappa shape index (κ1) is 24.0. The number of aliphatic imine (C=N–C) groups is 1. The van der Waals surface area contributed by atoms with Crippen LogP contribution in [0.15, 0.2) is 29.3 Å². The van der Waals surface area contributed by atoms with Crippen LogP contribution in [0.3, 0.4) is 0 Å². The van der Waals surface area contributed by atoms with Crippen molar-refractivity contribution >= 4 is 40.0 Å². The van der Waals surface area contributed by atoms with Gasteiger partial charge < -0.3 is 15.0 Å². The second-order valence-electron chi connectivity index (χ2n) is 6.74. The van der Waals surface area contributed by atoms with Gasteiger partial charge in [-0.05, 0) is 36.5 Å². The van der Waals surface area contributed by atoms with E-state index in [-0.39, 0.29) is 24.0 Å². The largest absolute Gasteiger partial charge is 0.497 e. The number of ether oxygens (including phenoxy) is 1. The van der Waals surface area contributed by atoms with Crippen molar-refractivity contribution in [3.8, 4) is 5.75 Å². The molecular formula is C18H31IN4O3S. The summed E-state index contributed by atoms with van der Waals surface area (Å²) >= 11 is 0. The Kier molecular flexibility index (Phi) is 9.82. The number of hydrogen-bond donors (Lipinski definition) is 1. The second-order valence-corrected chi connectivity index (χ2v) is 8.72. The summed E-state index contributed by atoms with van der Waals surface area (Å²) in [6, 6.07) is 8.00. The zero-order valence-corrected chi connectivity index (χ0v) is 19.7. The van der Waals surface area contributed by atoms with Gasteiger partial charge in [0.15, 0.2) is 5.96 Å². The van der Waals surface area contributed by atoms with E-state index in [1.165, 1.54) is 11.8 Å². The van der Waals surface area contributed by atoms with Crippen LogP contribution < -0.4 is 10.1 Å². The maximum atomic E-state index is 11.6. The molecule has 0 unspecified atom stereocenters. The summed E-state index contributed by atoms with van der Waals surface area (Å²) in [5.41, 5.74) is 1.18. The minimum atomic E-state index is -3.07. The molecule has 0 spiro atoms. The molecule has 2 rings (SSSR count). The van der Waals surface area contributed by atoms with Crippen molar-refractivity contribution < 1.29 is 13.2 Å². The molecule has 1 N–H and O–H groups in total. The lowest BCUT2D eigenvalue weighted by Gasteiger charge is -2.31. The fourth-order valence-electron chi connectivity index (χ4n) is 3.15. The number of benzene rings is 1. The fraction of sp³-hybridized carbons (Fsp3) is 0.611. The minimum Gasteiger partial charge on any atom is -0.497 e. The Hall–Kier alpha value is -1.07. The Balaban J connectivity index is 0.00000364. The molecule has 1 aliphatic heterocycles. The van der Waals surface area contributed by atoms with Crippen LogP contribution in [-0.4, -0.2) is 70.7 Å². The maximum absolute atomic E-state index is 11.6. The molecule has 0 bridgehead atoms. The van der Waals surface area contributed by atoms with Gasteiger partial charge in [-0.3, -0.25) is 4.99 Å². The van der Waals surface area contributed by atoms with E-state index in [9.17, 15) is 8.42 Å². The van der Waals surface area contributed by atoms with Gasteiger partial charge in [0.2, 0.25) is 10.0 Å². The Morgan fingerprint density at radius 1 is 1.30 bits per heavy atom. The number of methoxy groups -OCH3 is 1. The first-order valence-corrected chi connectivity index (χ1v) is 10.7. The van der Waals surface area contributed by atoms with Crippen molar-refractivity contribution in [2.24, 2.45) is 10.9 Å². The van der Waals surface area contributed by atoms with Crippen molar-refractivity contribution in [2.45, 2.75) is 19.4 Å². The van der Waals surface area contributed by atoms with E-state index in [0.717, 1.165) is 37.6 Å². The highest BCUT2D eigenvalue weighted by Crippen LogP contribution is 2.18. The van der Waals surface area contributed by atoms with E-state index < -0.39 is 10.0 Å². The Morgan fingerprint density at radius 2 is 1.89 bits per heavy atom. The van der Waals surface area contributed by atoms with Crippen LogP contribution in [0.1, 0.15) is 18.4 Å². The SMILES string of the molecule is CN=C(NCC1CCN(S(C)(=O)=O)CC1)N(C)Cc1ccc(OC)cc1.I. The summed E-state index contributed by atoms with van der Waals surface area (Å²) in [6.07, 6.45) is 3.03. The number of nitrogens with zero attached hydrogens (tertiary/aromatic N) is 3. The van der Waals surface area contributed by atoms with Gasteiger partial charge in [-0.2, -0.15) is 0 Å². The summed E-state index contributed by atoms with van der Waals surface area (Å²) < 4.78 is 29.9. The van der Waals surface area contributed by atoms with Gasteiger partial charge in [0, 0.05) is 40.3 Å². The molecule has 1 saturated heterocycles. The number of piperidine rings is 1. The van der Waals surface area contributed by atoms with Gasteiger partial charge in [0.05, 0.1) is 13.4 Å². The van der Waals surface area contributed by atoms with Gasteiger partial charge in [0.25, 0.3) is 0 Å². The van der Waals surface area contributed by atoms with E-state index in [0.29, 0.717) is 19.0 Å². The van der Waals surface area contributed by atoms with Crippen LogP contribution in [0.5, 0.6) is 5.75 Å². The molecule has 0 radical (unpaired) electrons. The molecule has 1 aromatic carbocycles. The van der Waals surface area contributed by atoms with Gasteiger partial charge in [-0.25, -0.2) is 12.7 Å². The number of guanidine groups is 1. The highest BCUT2D eigenvalue weighted by atomic mass is 127. The van der Waals surface area contributed by atoms with Crippen LogP contribution in [-0.2, 0) is 16.6 Å². The van der Waals surface area contributed by atoms with Gasteiger partial charge in [-0.15, -0.1) is 24.0 Å². The van der Waals surface area contributed by atoms with E-state index in [1.54, 1.807) is 18.5 Å². The normalized spacial score (nSPS) is 16.5. The van der Waals surface area contributed by atoms with Crippen molar-refractivity contribution in [3.63, 3.8) is 0 Å². The van der Waals surface area contributed by atoms with Crippen LogP contribution in [0, 0.1) is 5.92 Å². The Morgan fingerprint density at radius 3 is 2.37 bits per heavy atom. The van der Waals surface area contributed by atoms with Crippen LogP contribution in [0.2, 0.25) is 0 Å². The quantitative estimate of drug-likeness (QED) is 0.360. The number of halogens is 1. The van der Waals surface area contributed by atoms with E-state index in [4.69, 9.17) is 4.74 Å². The summed E-state index contributed by atoms with van der Waals surface area (Å²) in [5, 5.41) is 3.42. The lowest BCUT2D eigenvalue weighted by molar-refractivity contribution is 0.273. The van der Waals surface area contributed by atoms with Crippen molar-refractivity contribution in [3.05, 3.63) is 29.8 Å². The molecule has 0 aromatic heterocycles.